The van der Waals surface area contributed by atoms with Crippen LogP contribution in [-0.2, 0) is 6.42 Å². The smallest absolute Gasteiger partial charge is 0.0992 e. The van der Waals surface area contributed by atoms with Gasteiger partial charge in [0.05, 0.1) is 11.6 Å². The number of hydrogen-bond acceptors (Lipinski definition) is 2. The molecule has 0 saturated carbocycles. The Morgan fingerprint density at radius 2 is 2.07 bits per heavy atom. The quantitative estimate of drug-likeness (QED) is 0.696. The average molecular weight is 200 g/mol. The molecule has 2 nitrogen and oxygen atoms in total. The highest BCUT2D eigenvalue weighted by atomic mass is 14.9. The fourth-order valence-electron chi connectivity index (χ4n) is 1.52. The van der Waals surface area contributed by atoms with Crippen LogP contribution in [0.5, 0.6) is 0 Å². The van der Waals surface area contributed by atoms with Gasteiger partial charge in [-0.1, -0.05) is 26.5 Å². The van der Waals surface area contributed by atoms with Crippen molar-refractivity contribution in [1.82, 2.24) is 0 Å². The Labute approximate surface area is 91.2 Å². The summed E-state index contributed by atoms with van der Waals surface area (Å²) in [7, 11) is 0. The molecule has 1 heterocycles. The van der Waals surface area contributed by atoms with Crippen LogP contribution in [0.25, 0.3) is 0 Å². The molecule has 2 heteroatoms. The van der Waals surface area contributed by atoms with Crippen LogP contribution in [0.2, 0.25) is 0 Å². The summed E-state index contributed by atoms with van der Waals surface area (Å²) in [4.78, 5) is 0. The van der Waals surface area contributed by atoms with Crippen LogP contribution in [0, 0.1) is 11.3 Å². The molecule has 1 N–H and O–H groups in total. The minimum Gasteiger partial charge on any atom is -0.359 e. The lowest BCUT2D eigenvalue weighted by atomic mass is 10.0. The maximum absolute atomic E-state index is 8.70. The third-order valence-corrected chi connectivity index (χ3v) is 2.25. The monoisotopic (exact) mass is 200 g/mol. The summed E-state index contributed by atoms with van der Waals surface area (Å²) in [5.74, 6) is 0. The molecule has 0 saturated heterocycles. The van der Waals surface area contributed by atoms with Crippen molar-refractivity contribution >= 4 is 5.69 Å². The van der Waals surface area contributed by atoms with Crippen LogP contribution in [0.1, 0.15) is 31.4 Å². The summed E-state index contributed by atoms with van der Waals surface area (Å²) in [5, 5.41) is 11.9. The molecule has 0 aliphatic carbocycles. The Bertz CT molecular complexity index is 399. The van der Waals surface area contributed by atoms with E-state index in [1.807, 2.05) is 32.0 Å². The minimum atomic E-state index is 0.695. The van der Waals surface area contributed by atoms with Crippen molar-refractivity contribution in [3.8, 4) is 6.07 Å². The molecule has 1 aromatic carbocycles. The van der Waals surface area contributed by atoms with Gasteiger partial charge in [-0.15, -0.1) is 0 Å². The molecule has 0 amide bonds. The number of aryl methyl sites for hydroxylation is 1. The van der Waals surface area contributed by atoms with E-state index in [0.29, 0.717) is 5.56 Å². The second kappa shape index (κ2) is 5.21. The van der Waals surface area contributed by atoms with Crippen molar-refractivity contribution in [1.29, 1.82) is 5.26 Å². The second-order valence-electron chi connectivity index (χ2n) is 3.21. The SMILES string of the molecule is C=C1CCc2ccc(C#N)cc2N1.CC. The number of hydrogen-bond donors (Lipinski definition) is 1. The molecular weight excluding hydrogens is 184 g/mol. The van der Waals surface area contributed by atoms with Crippen molar-refractivity contribution in [2.45, 2.75) is 26.7 Å². The van der Waals surface area contributed by atoms with Crippen LogP contribution in [0.3, 0.4) is 0 Å². The number of nitriles is 1. The van der Waals surface area contributed by atoms with Crippen molar-refractivity contribution in [2.75, 3.05) is 5.32 Å². The van der Waals surface area contributed by atoms with Crippen LogP contribution >= 0.6 is 0 Å². The van der Waals surface area contributed by atoms with Crippen LogP contribution in [0.15, 0.2) is 30.5 Å². The van der Waals surface area contributed by atoms with Crippen LogP contribution in [-0.4, -0.2) is 0 Å². The highest BCUT2D eigenvalue weighted by Crippen LogP contribution is 2.26. The van der Waals surface area contributed by atoms with Gasteiger partial charge in [0.2, 0.25) is 0 Å². The van der Waals surface area contributed by atoms with Gasteiger partial charge in [0, 0.05) is 11.4 Å². The third kappa shape index (κ3) is 2.60. The summed E-state index contributed by atoms with van der Waals surface area (Å²) in [5.41, 5.74) is 4.03. The molecule has 0 fully saturated rings. The average Bonchev–Trinajstić information content (AvgIpc) is 2.30. The highest BCUT2D eigenvalue weighted by Gasteiger charge is 2.10. The fourth-order valence-corrected chi connectivity index (χ4v) is 1.52. The van der Waals surface area contributed by atoms with Crippen molar-refractivity contribution in [3.63, 3.8) is 0 Å². The number of benzene rings is 1. The van der Waals surface area contributed by atoms with Gasteiger partial charge in [-0.25, -0.2) is 0 Å². The molecule has 0 unspecified atom stereocenters. The Morgan fingerprint density at radius 3 is 2.73 bits per heavy atom. The van der Waals surface area contributed by atoms with E-state index in [9.17, 15) is 0 Å². The van der Waals surface area contributed by atoms with Gasteiger partial charge in [0.1, 0.15) is 0 Å². The first kappa shape index (κ1) is 11.3. The van der Waals surface area contributed by atoms with E-state index in [0.717, 1.165) is 24.2 Å². The lowest BCUT2D eigenvalue weighted by Crippen LogP contribution is -2.08. The Balaban J connectivity index is 0.000000531. The molecule has 0 aromatic heterocycles. The summed E-state index contributed by atoms with van der Waals surface area (Å²) in [6.07, 6.45) is 2.01. The lowest BCUT2D eigenvalue weighted by Gasteiger charge is -2.19. The Morgan fingerprint density at radius 1 is 1.33 bits per heavy atom. The minimum absolute atomic E-state index is 0.695. The largest absolute Gasteiger partial charge is 0.359 e. The van der Waals surface area contributed by atoms with Crippen molar-refractivity contribution in [2.24, 2.45) is 0 Å². The molecule has 0 spiro atoms. The predicted octanol–water partition coefficient (Wildman–Crippen LogP) is 3.46. The summed E-state index contributed by atoms with van der Waals surface area (Å²) >= 11 is 0. The first-order valence-electron chi connectivity index (χ1n) is 5.27. The molecule has 0 bridgehead atoms. The molecule has 1 aliphatic rings. The maximum Gasteiger partial charge on any atom is 0.0992 e. The van der Waals surface area contributed by atoms with E-state index in [4.69, 9.17) is 5.26 Å². The van der Waals surface area contributed by atoms with E-state index >= 15 is 0 Å². The molecule has 2 rings (SSSR count). The molecule has 1 aromatic rings. The van der Waals surface area contributed by atoms with E-state index in [2.05, 4.69) is 18.0 Å². The normalized spacial score (nSPS) is 12.7. The van der Waals surface area contributed by atoms with E-state index in [1.165, 1.54) is 5.56 Å². The highest BCUT2D eigenvalue weighted by molar-refractivity contribution is 5.60. The molecule has 78 valence electrons. The number of allylic oxidation sites excluding steroid dienone is 1. The lowest BCUT2D eigenvalue weighted by molar-refractivity contribution is 0.918. The topological polar surface area (TPSA) is 35.8 Å². The Kier molecular flexibility index (Phi) is 3.93. The van der Waals surface area contributed by atoms with Gasteiger partial charge in [-0.05, 0) is 30.5 Å². The fraction of sp³-hybridized carbons (Fsp3) is 0.308. The van der Waals surface area contributed by atoms with E-state index in [1.54, 1.807) is 0 Å². The number of nitrogens with zero attached hydrogens (tertiary/aromatic N) is 1. The van der Waals surface area contributed by atoms with Gasteiger partial charge in [0.25, 0.3) is 0 Å². The Hall–Kier alpha value is -1.75. The van der Waals surface area contributed by atoms with Crippen molar-refractivity contribution < 1.29 is 0 Å². The first-order chi connectivity index (χ1) is 7.29. The van der Waals surface area contributed by atoms with Gasteiger partial charge < -0.3 is 5.32 Å². The zero-order valence-electron chi connectivity index (χ0n) is 9.30. The zero-order chi connectivity index (χ0) is 11.3. The van der Waals surface area contributed by atoms with E-state index in [-0.39, 0.29) is 0 Å². The maximum atomic E-state index is 8.70. The predicted molar refractivity (Wildman–Crippen MR) is 63.6 cm³/mol. The number of anilines is 1. The molecule has 15 heavy (non-hydrogen) atoms. The zero-order valence-corrected chi connectivity index (χ0v) is 9.30. The number of rotatable bonds is 0. The van der Waals surface area contributed by atoms with Crippen LogP contribution < -0.4 is 5.32 Å². The van der Waals surface area contributed by atoms with Gasteiger partial charge in [-0.3, -0.25) is 0 Å². The summed E-state index contributed by atoms with van der Waals surface area (Å²) in [6, 6.07) is 7.86. The summed E-state index contributed by atoms with van der Waals surface area (Å²) in [6.45, 7) is 7.87. The second-order valence-corrected chi connectivity index (χ2v) is 3.21. The van der Waals surface area contributed by atoms with Gasteiger partial charge in [-0.2, -0.15) is 5.26 Å². The molecule has 0 radical (unpaired) electrons. The van der Waals surface area contributed by atoms with Crippen LogP contribution in [0.4, 0.5) is 5.69 Å². The van der Waals surface area contributed by atoms with E-state index < -0.39 is 0 Å². The standard InChI is InChI=1S/C11H10N2.C2H6/c1-8-2-4-10-5-3-9(7-12)6-11(10)13-8;1-2/h3,5-6,13H,1-2,4H2;1-2H3. The molecule has 1 aliphatic heterocycles. The van der Waals surface area contributed by atoms with Gasteiger partial charge >= 0.3 is 0 Å². The number of nitrogens with one attached hydrogen (secondary N) is 1. The van der Waals surface area contributed by atoms with Gasteiger partial charge in [0.15, 0.2) is 0 Å². The number of fused-ring (bicyclic) bond motifs is 1. The summed E-state index contributed by atoms with van der Waals surface area (Å²) < 4.78 is 0. The van der Waals surface area contributed by atoms with Crippen molar-refractivity contribution in [3.05, 3.63) is 41.6 Å². The molecular formula is C13H16N2. The molecule has 0 atom stereocenters. The first-order valence-corrected chi connectivity index (χ1v) is 5.27. The third-order valence-electron chi connectivity index (χ3n) is 2.25.